The fourth-order valence-electron chi connectivity index (χ4n) is 1.30. The SMILES string of the molecule is COCCCOC(=O)c1cc(S(=O)(=O)Cl)cc(Br)c1Cl. The number of hydrogen-bond acceptors (Lipinski definition) is 5. The number of halogens is 3. The Hall–Kier alpha value is -0.340. The highest BCUT2D eigenvalue weighted by Crippen LogP contribution is 2.31. The summed E-state index contributed by atoms with van der Waals surface area (Å²) in [6, 6.07) is 2.29. The van der Waals surface area contributed by atoms with Crippen molar-refractivity contribution < 1.29 is 22.7 Å². The molecule has 5 nitrogen and oxygen atoms in total. The van der Waals surface area contributed by atoms with Crippen molar-refractivity contribution in [1.82, 2.24) is 0 Å². The summed E-state index contributed by atoms with van der Waals surface area (Å²) < 4.78 is 32.6. The Bertz CT molecular complexity index is 603. The molecule has 0 aliphatic heterocycles. The van der Waals surface area contributed by atoms with E-state index >= 15 is 0 Å². The summed E-state index contributed by atoms with van der Waals surface area (Å²) in [6.07, 6.45) is 0.522. The molecule has 0 aliphatic rings. The first-order chi connectivity index (χ1) is 9.27. The summed E-state index contributed by atoms with van der Waals surface area (Å²) >= 11 is 9.01. The normalized spacial score (nSPS) is 11.4. The van der Waals surface area contributed by atoms with E-state index in [1.807, 2.05) is 0 Å². The van der Waals surface area contributed by atoms with Crippen LogP contribution in [0.2, 0.25) is 5.02 Å². The molecular weight excluding hydrogens is 395 g/mol. The van der Waals surface area contributed by atoms with Gasteiger partial charge in [0.05, 0.1) is 22.1 Å². The summed E-state index contributed by atoms with van der Waals surface area (Å²) in [5, 5.41) is 0.0609. The number of ether oxygens (including phenoxy) is 2. The van der Waals surface area contributed by atoms with E-state index in [0.29, 0.717) is 13.0 Å². The molecule has 0 unspecified atom stereocenters. The van der Waals surface area contributed by atoms with E-state index in [1.165, 1.54) is 13.2 Å². The Kier molecular flexibility index (Phi) is 6.74. The van der Waals surface area contributed by atoms with E-state index in [2.05, 4.69) is 15.9 Å². The van der Waals surface area contributed by atoms with Gasteiger partial charge in [-0.2, -0.15) is 0 Å². The van der Waals surface area contributed by atoms with Crippen LogP contribution >= 0.6 is 38.2 Å². The molecule has 1 rings (SSSR count). The second-order valence-electron chi connectivity index (χ2n) is 3.69. The smallest absolute Gasteiger partial charge is 0.339 e. The summed E-state index contributed by atoms with van der Waals surface area (Å²) in [7, 11) is 2.81. The third-order valence-corrected chi connectivity index (χ3v) is 4.82. The van der Waals surface area contributed by atoms with Crippen molar-refractivity contribution in [3.63, 3.8) is 0 Å². The van der Waals surface area contributed by atoms with Crippen LogP contribution in [0.4, 0.5) is 0 Å². The molecule has 0 aliphatic carbocycles. The highest BCUT2D eigenvalue weighted by atomic mass is 79.9. The molecule has 9 heteroatoms. The summed E-state index contributed by atoms with van der Waals surface area (Å²) in [6.45, 7) is 0.583. The maximum Gasteiger partial charge on any atom is 0.339 e. The highest BCUT2D eigenvalue weighted by molar-refractivity contribution is 9.10. The Morgan fingerprint density at radius 2 is 2.00 bits per heavy atom. The second kappa shape index (κ2) is 7.61. The molecule has 0 amide bonds. The van der Waals surface area contributed by atoms with Gasteiger partial charge >= 0.3 is 5.97 Å². The van der Waals surface area contributed by atoms with Crippen molar-refractivity contribution in [2.24, 2.45) is 0 Å². The Labute approximate surface area is 134 Å². The van der Waals surface area contributed by atoms with Crippen molar-refractivity contribution in [3.05, 3.63) is 27.2 Å². The van der Waals surface area contributed by atoms with Crippen LogP contribution in [0.3, 0.4) is 0 Å². The summed E-state index contributed by atoms with van der Waals surface area (Å²) in [5.41, 5.74) is -0.0716. The Morgan fingerprint density at radius 1 is 1.35 bits per heavy atom. The fourth-order valence-corrected chi connectivity index (χ4v) is 2.88. The van der Waals surface area contributed by atoms with Crippen LogP contribution in [0.15, 0.2) is 21.5 Å². The standard InChI is InChI=1S/C11H11BrCl2O5S/c1-18-3-2-4-19-11(15)8-5-7(20(14,16)17)6-9(12)10(8)13/h5-6H,2-4H2,1H3. The lowest BCUT2D eigenvalue weighted by Gasteiger charge is -2.08. The molecule has 1 aromatic carbocycles. The van der Waals surface area contributed by atoms with Gasteiger partial charge in [-0.1, -0.05) is 11.6 Å². The molecule has 0 saturated carbocycles. The average molecular weight is 406 g/mol. The zero-order valence-corrected chi connectivity index (χ0v) is 14.3. The lowest BCUT2D eigenvalue weighted by atomic mass is 10.2. The van der Waals surface area contributed by atoms with Crippen LogP contribution in [0, 0.1) is 0 Å². The van der Waals surface area contributed by atoms with Crippen molar-refractivity contribution in [3.8, 4) is 0 Å². The summed E-state index contributed by atoms with van der Waals surface area (Å²) in [4.78, 5) is 11.6. The third kappa shape index (κ3) is 4.89. The van der Waals surface area contributed by atoms with E-state index in [-0.39, 0.29) is 26.6 Å². The monoisotopic (exact) mass is 404 g/mol. The lowest BCUT2D eigenvalue weighted by Crippen LogP contribution is -2.09. The molecule has 0 radical (unpaired) electrons. The summed E-state index contributed by atoms with van der Waals surface area (Å²) in [5.74, 6) is -0.728. The van der Waals surface area contributed by atoms with Crippen LogP contribution in [0.5, 0.6) is 0 Å². The molecule has 0 saturated heterocycles. The predicted octanol–water partition coefficient (Wildman–Crippen LogP) is 3.22. The lowest BCUT2D eigenvalue weighted by molar-refractivity contribution is 0.0468. The van der Waals surface area contributed by atoms with Crippen LogP contribution in [0.25, 0.3) is 0 Å². The fraction of sp³-hybridized carbons (Fsp3) is 0.364. The highest BCUT2D eigenvalue weighted by Gasteiger charge is 2.20. The quantitative estimate of drug-likeness (QED) is 0.412. The van der Waals surface area contributed by atoms with Crippen molar-refractivity contribution in [2.45, 2.75) is 11.3 Å². The molecule has 0 aromatic heterocycles. The molecule has 0 N–H and O–H groups in total. The van der Waals surface area contributed by atoms with E-state index in [0.717, 1.165) is 6.07 Å². The topological polar surface area (TPSA) is 69.7 Å². The van der Waals surface area contributed by atoms with Gasteiger partial charge in [0.2, 0.25) is 0 Å². The first-order valence-electron chi connectivity index (χ1n) is 5.37. The van der Waals surface area contributed by atoms with E-state index in [4.69, 9.17) is 31.8 Å². The number of rotatable bonds is 6. The first-order valence-corrected chi connectivity index (χ1v) is 8.85. The van der Waals surface area contributed by atoms with Gasteiger partial charge in [-0.25, -0.2) is 13.2 Å². The van der Waals surface area contributed by atoms with E-state index in [9.17, 15) is 13.2 Å². The minimum atomic E-state index is -3.97. The molecule has 112 valence electrons. The van der Waals surface area contributed by atoms with E-state index in [1.54, 1.807) is 0 Å². The minimum absolute atomic E-state index is 0.0609. The first kappa shape index (κ1) is 17.7. The van der Waals surface area contributed by atoms with Gasteiger partial charge in [0.1, 0.15) is 0 Å². The maximum atomic E-state index is 11.9. The van der Waals surface area contributed by atoms with Gasteiger partial charge in [0, 0.05) is 35.3 Å². The second-order valence-corrected chi connectivity index (χ2v) is 7.48. The Balaban J connectivity index is 2.99. The van der Waals surface area contributed by atoms with Crippen LogP contribution < -0.4 is 0 Å². The number of methoxy groups -OCH3 is 1. The number of esters is 1. The van der Waals surface area contributed by atoms with Gasteiger partial charge in [0.15, 0.2) is 0 Å². The molecule has 0 fully saturated rings. The molecule has 0 atom stereocenters. The number of benzene rings is 1. The van der Waals surface area contributed by atoms with Gasteiger partial charge in [-0.05, 0) is 28.1 Å². The average Bonchev–Trinajstić information content (AvgIpc) is 2.36. The molecule has 0 heterocycles. The number of carbonyl (C=O) groups excluding carboxylic acids is 1. The Morgan fingerprint density at radius 3 is 2.55 bits per heavy atom. The molecular formula is C11H11BrCl2O5S. The largest absolute Gasteiger partial charge is 0.462 e. The van der Waals surface area contributed by atoms with Crippen LogP contribution in [0.1, 0.15) is 16.8 Å². The predicted molar refractivity (Wildman–Crippen MR) is 79.0 cm³/mol. The zero-order valence-electron chi connectivity index (χ0n) is 10.4. The van der Waals surface area contributed by atoms with Gasteiger partial charge in [-0.3, -0.25) is 0 Å². The minimum Gasteiger partial charge on any atom is -0.462 e. The van der Waals surface area contributed by atoms with Crippen molar-refractivity contribution in [2.75, 3.05) is 20.3 Å². The van der Waals surface area contributed by atoms with E-state index < -0.39 is 15.0 Å². The van der Waals surface area contributed by atoms with Gasteiger partial charge < -0.3 is 9.47 Å². The maximum absolute atomic E-state index is 11.9. The third-order valence-electron chi connectivity index (χ3n) is 2.23. The van der Waals surface area contributed by atoms with Crippen molar-refractivity contribution in [1.29, 1.82) is 0 Å². The zero-order chi connectivity index (χ0) is 15.3. The van der Waals surface area contributed by atoms with Crippen molar-refractivity contribution >= 4 is 53.2 Å². The number of carbonyl (C=O) groups is 1. The van der Waals surface area contributed by atoms with Gasteiger partial charge in [0.25, 0.3) is 9.05 Å². The molecule has 1 aromatic rings. The molecule has 0 spiro atoms. The van der Waals surface area contributed by atoms with Crippen LogP contribution in [-0.2, 0) is 18.5 Å². The molecule has 20 heavy (non-hydrogen) atoms. The number of hydrogen-bond donors (Lipinski definition) is 0. The molecule has 0 bridgehead atoms. The van der Waals surface area contributed by atoms with Gasteiger partial charge in [-0.15, -0.1) is 0 Å². The van der Waals surface area contributed by atoms with Crippen LogP contribution in [-0.4, -0.2) is 34.7 Å².